The molecule has 0 aromatic heterocycles. The molecule has 2 aromatic carbocycles. The largest absolute Gasteiger partial charge is 0.464 e. The topological polar surface area (TPSA) is 46.6 Å². The van der Waals surface area contributed by atoms with Gasteiger partial charge in [0.05, 0.1) is 6.61 Å². The van der Waals surface area contributed by atoms with Crippen LogP contribution in [0.2, 0.25) is 0 Å². The summed E-state index contributed by atoms with van der Waals surface area (Å²) in [7, 11) is 0. The van der Waals surface area contributed by atoms with E-state index in [1.54, 1.807) is 17.0 Å². The van der Waals surface area contributed by atoms with Crippen molar-refractivity contribution >= 4 is 23.6 Å². The molecule has 6 heteroatoms. The van der Waals surface area contributed by atoms with Crippen LogP contribution in [-0.4, -0.2) is 35.2 Å². The van der Waals surface area contributed by atoms with Crippen molar-refractivity contribution in [1.29, 1.82) is 0 Å². The van der Waals surface area contributed by atoms with E-state index in [-0.39, 0.29) is 23.1 Å². The summed E-state index contributed by atoms with van der Waals surface area (Å²) in [4.78, 5) is 27.7. The third kappa shape index (κ3) is 5.22. The van der Waals surface area contributed by atoms with E-state index in [9.17, 15) is 14.0 Å². The van der Waals surface area contributed by atoms with Crippen molar-refractivity contribution in [1.82, 2.24) is 4.90 Å². The Bertz CT molecular complexity index is 854. The summed E-state index contributed by atoms with van der Waals surface area (Å²) in [5, 5.41) is -0.364. The van der Waals surface area contributed by atoms with Crippen LogP contribution < -0.4 is 0 Å². The number of benzene rings is 2. The average Bonchev–Trinajstić information content (AvgIpc) is 3.21. The molecule has 0 N–H and O–H groups in total. The SMILES string of the molecule is CCCCc1ccc(C(=O)N2C(C(=O)OCCC)CSC2c2ccc(F)cc2)cc1. The molecular formula is C24H28FNO3S. The average molecular weight is 430 g/mol. The molecule has 1 saturated heterocycles. The first-order valence-electron chi connectivity index (χ1n) is 10.5. The smallest absolute Gasteiger partial charge is 0.329 e. The highest BCUT2D eigenvalue weighted by Crippen LogP contribution is 2.42. The molecule has 30 heavy (non-hydrogen) atoms. The zero-order valence-corrected chi connectivity index (χ0v) is 18.3. The summed E-state index contributed by atoms with van der Waals surface area (Å²) in [5.74, 6) is -0.483. The molecule has 2 unspecified atom stereocenters. The first-order chi connectivity index (χ1) is 14.5. The van der Waals surface area contributed by atoms with E-state index in [4.69, 9.17) is 4.74 Å². The van der Waals surface area contributed by atoms with Crippen LogP contribution in [0, 0.1) is 5.82 Å². The van der Waals surface area contributed by atoms with Gasteiger partial charge in [0.1, 0.15) is 17.2 Å². The predicted molar refractivity (Wildman–Crippen MR) is 118 cm³/mol. The molecule has 1 aliphatic rings. The van der Waals surface area contributed by atoms with Crippen LogP contribution in [0.15, 0.2) is 48.5 Å². The number of esters is 1. The minimum atomic E-state index is -0.663. The molecule has 2 aromatic rings. The van der Waals surface area contributed by atoms with Gasteiger partial charge in [-0.2, -0.15) is 0 Å². The maximum absolute atomic E-state index is 13.4. The van der Waals surface area contributed by atoms with Gasteiger partial charge in [-0.15, -0.1) is 11.8 Å². The second-order valence-corrected chi connectivity index (χ2v) is 8.55. The number of nitrogens with zero attached hydrogens (tertiary/aromatic N) is 1. The Labute approximate surface area is 181 Å². The minimum absolute atomic E-state index is 0.213. The van der Waals surface area contributed by atoms with Gasteiger partial charge >= 0.3 is 5.97 Å². The summed E-state index contributed by atoms with van der Waals surface area (Å²) in [6.07, 6.45) is 3.93. The third-order valence-electron chi connectivity index (χ3n) is 5.13. The molecule has 160 valence electrons. The Hall–Kier alpha value is -2.34. The standard InChI is InChI=1S/C24H28FNO3S/c1-3-5-6-17-7-9-18(10-8-17)22(27)26-21(24(28)29-15-4-2)16-30-23(26)19-11-13-20(25)14-12-19/h7-14,21,23H,3-6,15-16H2,1-2H3. The quantitative estimate of drug-likeness (QED) is 0.529. The fourth-order valence-electron chi connectivity index (χ4n) is 3.46. The number of carbonyl (C=O) groups excluding carboxylic acids is 2. The number of hydrogen-bond donors (Lipinski definition) is 0. The summed E-state index contributed by atoms with van der Waals surface area (Å²) >= 11 is 1.50. The highest BCUT2D eigenvalue weighted by Gasteiger charge is 2.43. The molecule has 0 radical (unpaired) electrons. The Balaban J connectivity index is 1.87. The van der Waals surface area contributed by atoms with E-state index in [1.165, 1.54) is 29.5 Å². The second kappa shape index (κ2) is 10.6. The van der Waals surface area contributed by atoms with E-state index in [1.807, 2.05) is 31.2 Å². The fraction of sp³-hybridized carbons (Fsp3) is 0.417. The Morgan fingerprint density at radius 3 is 2.40 bits per heavy atom. The first kappa shape index (κ1) is 22.3. The van der Waals surface area contributed by atoms with Crippen molar-refractivity contribution in [2.24, 2.45) is 0 Å². The minimum Gasteiger partial charge on any atom is -0.464 e. The van der Waals surface area contributed by atoms with Gasteiger partial charge in [-0.3, -0.25) is 4.79 Å². The van der Waals surface area contributed by atoms with Gasteiger partial charge in [0.15, 0.2) is 0 Å². The van der Waals surface area contributed by atoms with E-state index >= 15 is 0 Å². The number of aryl methyl sites for hydroxylation is 1. The molecule has 1 aliphatic heterocycles. The second-order valence-electron chi connectivity index (χ2n) is 7.43. The monoisotopic (exact) mass is 429 g/mol. The van der Waals surface area contributed by atoms with Gasteiger partial charge in [-0.25, -0.2) is 9.18 Å². The molecule has 0 aliphatic carbocycles. The number of thioether (sulfide) groups is 1. The molecule has 2 atom stereocenters. The van der Waals surface area contributed by atoms with E-state index in [0.29, 0.717) is 17.9 Å². The van der Waals surface area contributed by atoms with Gasteiger partial charge in [0.25, 0.3) is 5.91 Å². The van der Waals surface area contributed by atoms with Crippen molar-refractivity contribution in [2.45, 2.75) is 50.9 Å². The van der Waals surface area contributed by atoms with Crippen LogP contribution in [0.1, 0.15) is 60.0 Å². The number of carbonyl (C=O) groups is 2. The number of rotatable bonds is 8. The van der Waals surface area contributed by atoms with Gasteiger partial charge in [0.2, 0.25) is 0 Å². The van der Waals surface area contributed by atoms with Crippen LogP contribution in [0.4, 0.5) is 4.39 Å². The van der Waals surface area contributed by atoms with Gasteiger partial charge in [-0.1, -0.05) is 44.5 Å². The molecule has 4 nitrogen and oxygen atoms in total. The van der Waals surface area contributed by atoms with Crippen LogP contribution >= 0.6 is 11.8 Å². The summed E-state index contributed by atoms with van der Waals surface area (Å²) in [6.45, 7) is 4.41. The first-order valence-corrected chi connectivity index (χ1v) is 11.5. The summed E-state index contributed by atoms with van der Waals surface area (Å²) in [5.41, 5.74) is 2.52. The Morgan fingerprint density at radius 2 is 1.77 bits per heavy atom. The van der Waals surface area contributed by atoms with Crippen molar-refractivity contribution in [2.75, 3.05) is 12.4 Å². The molecule has 0 saturated carbocycles. The van der Waals surface area contributed by atoms with E-state index < -0.39 is 6.04 Å². The van der Waals surface area contributed by atoms with Crippen LogP contribution in [0.3, 0.4) is 0 Å². The zero-order chi connectivity index (χ0) is 21.5. The molecule has 1 amide bonds. The molecular weight excluding hydrogens is 401 g/mol. The summed E-state index contributed by atoms with van der Waals surface area (Å²) in [6, 6.07) is 13.0. The fourth-order valence-corrected chi connectivity index (χ4v) is 4.88. The lowest BCUT2D eigenvalue weighted by atomic mass is 10.0. The zero-order valence-electron chi connectivity index (χ0n) is 17.5. The summed E-state index contributed by atoms with van der Waals surface area (Å²) < 4.78 is 18.8. The predicted octanol–water partition coefficient (Wildman–Crippen LogP) is 5.38. The highest BCUT2D eigenvalue weighted by molar-refractivity contribution is 7.99. The lowest BCUT2D eigenvalue weighted by Crippen LogP contribution is -2.44. The van der Waals surface area contributed by atoms with E-state index in [2.05, 4.69) is 6.92 Å². The number of halogens is 1. The van der Waals surface area contributed by atoms with Crippen LogP contribution in [0.5, 0.6) is 0 Å². The van der Waals surface area contributed by atoms with Crippen LogP contribution in [-0.2, 0) is 16.0 Å². The maximum Gasteiger partial charge on any atom is 0.329 e. The lowest BCUT2D eigenvalue weighted by Gasteiger charge is -2.28. The number of hydrogen-bond acceptors (Lipinski definition) is 4. The Morgan fingerprint density at radius 1 is 1.07 bits per heavy atom. The molecule has 0 bridgehead atoms. The number of amides is 1. The third-order valence-corrected chi connectivity index (χ3v) is 6.45. The lowest BCUT2D eigenvalue weighted by molar-refractivity contribution is -0.148. The normalized spacial score (nSPS) is 18.4. The highest BCUT2D eigenvalue weighted by atomic mass is 32.2. The van der Waals surface area contributed by atoms with Gasteiger partial charge in [0, 0.05) is 11.3 Å². The van der Waals surface area contributed by atoms with E-state index in [0.717, 1.165) is 31.2 Å². The molecule has 1 heterocycles. The maximum atomic E-state index is 13.4. The molecule has 0 spiro atoms. The van der Waals surface area contributed by atoms with Crippen molar-refractivity contribution in [3.05, 3.63) is 71.0 Å². The number of ether oxygens (including phenoxy) is 1. The van der Waals surface area contributed by atoms with Crippen molar-refractivity contribution < 1.29 is 18.7 Å². The van der Waals surface area contributed by atoms with Gasteiger partial charge < -0.3 is 9.64 Å². The number of unbranched alkanes of at least 4 members (excludes halogenated alkanes) is 1. The van der Waals surface area contributed by atoms with Crippen LogP contribution in [0.25, 0.3) is 0 Å². The molecule has 1 fully saturated rings. The molecule has 3 rings (SSSR count). The van der Waals surface area contributed by atoms with Crippen molar-refractivity contribution in [3.8, 4) is 0 Å². The van der Waals surface area contributed by atoms with Crippen molar-refractivity contribution in [3.63, 3.8) is 0 Å². The van der Waals surface area contributed by atoms with Gasteiger partial charge in [-0.05, 0) is 54.7 Å². The Kier molecular flexibility index (Phi) is 7.91.